The predicted octanol–water partition coefficient (Wildman–Crippen LogP) is 3.79. The number of carboxylic acids is 1. The second-order valence-electron chi connectivity index (χ2n) is 6.96. The van der Waals surface area contributed by atoms with Crippen molar-refractivity contribution in [3.63, 3.8) is 0 Å². The second kappa shape index (κ2) is 6.34. The Labute approximate surface area is 130 Å². The highest BCUT2D eigenvalue weighted by Gasteiger charge is 2.39. The van der Waals surface area contributed by atoms with Gasteiger partial charge in [-0.25, -0.2) is 9.97 Å². The standard InChI is InChI=1S/C16H24N2O2S/c1-10-7-8-17-15(18-10)21-13-9-11(16(2,3)4)5-6-12(13)14(19)20/h7-8,11-13H,5-6,9H2,1-4H3,(H,19,20). The molecule has 3 atom stereocenters. The first-order valence-corrected chi connectivity index (χ1v) is 8.34. The van der Waals surface area contributed by atoms with Gasteiger partial charge in [-0.15, -0.1) is 0 Å². The van der Waals surface area contributed by atoms with Gasteiger partial charge in [0.1, 0.15) is 0 Å². The zero-order valence-corrected chi connectivity index (χ0v) is 14.0. The molecule has 3 unspecified atom stereocenters. The maximum absolute atomic E-state index is 11.5. The molecular weight excluding hydrogens is 284 g/mol. The molecule has 21 heavy (non-hydrogen) atoms. The molecule has 0 aromatic carbocycles. The summed E-state index contributed by atoms with van der Waals surface area (Å²) in [6.45, 7) is 8.65. The molecule has 4 nitrogen and oxygen atoms in total. The molecule has 1 aliphatic rings. The number of thioether (sulfide) groups is 1. The number of aryl methyl sites for hydroxylation is 1. The normalized spacial score (nSPS) is 26.6. The lowest BCUT2D eigenvalue weighted by Gasteiger charge is -2.39. The van der Waals surface area contributed by atoms with E-state index in [9.17, 15) is 9.90 Å². The third-order valence-electron chi connectivity index (χ3n) is 4.36. The van der Waals surface area contributed by atoms with Gasteiger partial charge in [0.15, 0.2) is 5.16 Å². The van der Waals surface area contributed by atoms with Crippen molar-refractivity contribution < 1.29 is 9.90 Å². The van der Waals surface area contributed by atoms with E-state index >= 15 is 0 Å². The molecule has 0 spiro atoms. The van der Waals surface area contributed by atoms with Crippen LogP contribution in [0.4, 0.5) is 0 Å². The number of aromatic nitrogens is 2. The van der Waals surface area contributed by atoms with Crippen molar-refractivity contribution in [2.45, 2.75) is 57.4 Å². The molecule has 1 saturated carbocycles. The van der Waals surface area contributed by atoms with Crippen molar-refractivity contribution >= 4 is 17.7 Å². The molecule has 0 amide bonds. The number of aliphatic carboxylic acids is 1. The van der Waals surface area contributed by atoms with Crippen LogP contribution in [-0.2, 0) is 4.79 Å². The van der Waals surface area contributed by atoms with E-state index in [1.54, 1.807) is 6.20 Å². The first-order valence-electron chi connectivity index (χ1n) is 7.46. The summed E-state index contributed by atoms with van der Waals surface area (Å²) in [5.74, 6) is -0.430. The molecule has 1 N–H and O–H groups in total. The van der Waals surface area contributed by atoms with Crippen molar-refractivity contribution in [1.82, 2.24) is 9.97 Å². The lowest BCUT2D eigenvalue weighted by Crippen LogP contribution is -2.37. The predicted molar refractivity (Wildman–Crippen MR) is 84.3 cm³/mol. The van der Waals surface area contributed by atoms with E-state index in [0.717, 1.165) is 25.0 Å². The Kier molecular flexibility index (Phi) is 4.91. The van der Waals surface area contributed by atoms with Crippen LogP contribution >= 0.6 is 11.8 Å². The SMILES string of the molecule is Cc1ccnc(SC2CC(C(C)(C)C)CCC2C(=O)O)n1. The van der Waals surface area contributed by atoms with Crippen molar-refractivity contribution in [2.75, 3.05) is 0 Å². The van der Waals surface area contributed by atoms with E-state index in [-0.39, 0.29) is 16.6 Å². The summed E-state index contributed by atoms with van der Waals surface area (Å²) in [5, 5.41) is 10.2. The molecule has 0 saturated heterocycles. The van der Waals surface area contributed by atoms with Crippen LogP contribution in [0.2, 0.25) is 0 Å². The average Bonchev–Trinajstić information content (AvgIpc) is 2.37. The van der Waals surface area contributed by atoms with Crippen LogP contribution in [-0.4, -0.2) is 26.3 Å². The van der Waals surface area contributed by atoms with E-state index < -0.39 is 5.97 Å². The smallest absolute Gasteiger partial charge is 0.307 e. The van der Waals surface area contributed by atoms with Crippen molar-refractivity contribution in [3.8, 4) is 0 Å². The Hall–Kier alpha value is -1.10. The zero-order chi connectivity index (χ0) is 15.6. The minimum absolute atomic E-state index is 0.0577. The summed E-state index contributed by atoms with van der Waals surface area (Å²) in [6, 6.07) is 1.86. The summed E-state index contributed by atoms with van der Waals surface area (Å²) in [6.07, 6.45) is 4.40. The fraction of sp³-hybridized carbons (Fsp3) is 0.688. The Morgan fingerprint density at radius 1 is 1.38 bits per heavy atom. The van der Waals surface area contributed by atoms with Crippen LogP contribution in [0, 0.1) is 24.2 Å². The minimum atomic E-state index is -0.687. The summed E-state index contributed by atoms with van der Waals surface area (Å²) in [7, 11) is 0. The van der Waals surface area contributed by atoms with Gasteiger partial charge in [0, 0.05) is 17.1 Å². The third kappa shape index (κ3) is 4.19. The summed E-state index contributed by atoms with van der Waals surface area (Å²) in [4.78, 5) is 20.2. The van der Waals surface area contributed by atoms with Crippen LogP contribution in [0.15, 0.2) is 17.4 Å². The third-order valence-corrected chi connectivity index (χ3v) is 5.59. The largest absolute Gasteiger partial charge is 0.481 e. The van der Waals surface area contributed by atoms with Gasteiger partial charge >= 0.3 is 5.97 Å². The molecule has 0 aliphatic heterocycles. The van der Waals surface area contributed by atoms with Gasteiger partial charge in [0.05, 0.1) is 5.92 Å². The maximum Gasteiger partial charge on any atom is 0.307 e. The molecular formula is C16H24N2O2S. The topological polar surface area (TPSA) is 63.1 Å². The van der Waals surface area contributed by atoms with Crippen molar-refractivity contribution in [3.05, 3.63) is 18.0 Å². The van der Waals surface area contributed by atoms with Gasteiger partial charge in [-0.2, -0.15) is 0 Å². The fourth-order valence-corrected chi connectivity index (χ4v) is 4.28. The first-order chi connectivity index (χ1) is 9.77. The van der Waals surface area contributed by atoms with E-state index in [2.05, 4.69) is 30.7 Å². The molecule has 116 valence electrons. The first kappa shape index (κ1) is 16.3. The number of hydrogen-bond acceptors (Lipinski definition) is 4. The fourth-order valence-electron chi connectivity index (χ4n) is 2.95. The molecule has 5 heteroatoms. The highest BCUT2D eigenvalue weighted by atomic mass is 32.2. The maximum atomic E-state index is 11.5. The van der Waals surface area contributed by atoms with E-state index in [0.29, 0.717) is 11.1 Å². The quantitative estimate of drug-likeness (QED) is 0.861. The number of hydrogen-bond donors (Lipinski definition) is 1. The van der Waals surface area contributed by atoms with Gasteiger partial charge in [0.25, 0.3) is 0 Å². The molecule has 1 fully saturated rings. The Morgan fingerprint density at radius 2 is 2.10 bits per heavy atom. The second-order valence-corrected chi connectivity index (χ2v) is 8.16. The number of carboxylic acid groups (broad SMARTS) is 1. The number of nitrogens with zero attached hydrogens (tertiary/aromatic N) is 2. The van der Waals surface area contributed by atoms with E-state index in [1.807, 2.05) is 13.0 Å². The van der Waals surface area contributed by atoms with Gasteiger partial charge in [0.2, 0.25) is 0 Å². The highest BCUT2D eigenvalue weighted by molar-refractivity contribution is 7.99. The monoisotopic (exact) mass is 308 g/mol. The lowest BCUT2D eigenvalue weighted by molar-refractivity contribution is -0.143. The van der Waals surface area contributed by atoms with E-state index in [4.69, 9.17) is 0 Å². The van der Waals surface area contributed by atoms with Crippen LogP contribution < -0.4 is 0 Å². The molecule has 1 heterocycles. The van der Waals surface area contributed by atoms with Gasteiger partial charge < -0.3 is 5.11 Å². The Bertz CT molecular complexity index is 513. The minimum Gasteiger partial charge on any atom is -0.481 e. The zero-order valence-electron chi connectivity index (χ0n) is 13.2. The van der Waals surface area contributed by atoms with Gasteiger partial charge in [-0.05, 0) is 43.6 Å². The highest BCUT2D eigenvalue weighted by Crippen LogP contribution is 2.45. The molecule has 0 radical (unpaired) electrons. The summed E-state index contributed by atoms with van der Waals surface area (Å²) in [5.41, 5.74) is 1.14. The Balaban J connectivity index is 2.16. The molecule has 1 aliphatic carbocycles. The van der Waals surface area contributed by atoms with Crippen LogP contribution in [0.25, 0.3) is 0 Å². The summed E-state index contributed by atoms with van der Waals surface area (Å²) >= 11 is 1.53. The average molecular weight is 308 g/mol. The van der Waals surface area contributed by atoms with Gasteiger partial charge in [-0.3, -0.25) is 4.79 Å². The van der Waals surface area contributed by atoms with Crippen molar-refractivity contribution in [2.24, 2.45) is 17.3 Å². The van der Waals surface area contributed by atoms with Crippen LogP contribution in [0.1, 0.15) is 45.7 Å². The summed E-state index contributed by atoms with van der Waals surface area (Å²) < 4.78 is 0. The number of rotatable bonds is 3. The Morgan fingerprint density at radius 3 is 2.67 bits per heavy atom. The molecule has 2 rings (SSSR count). The van der Waals surface area contributed by atoms with Crippen LogP contribution in [0.5, 0.6) is 0 Å². The molecule has 0 bridgehead atoms. The van der Waals surface area contributed by atoms with Gasteiger partial charge in [-0.1, -0.05) is 32.5 Å². The lowest BCUT2D eigenvalue weighted by atomic mass is 9.69. The van der Waals surface area contributed by atoms with E-state index in [1.165, 1.54) is 11.8 Å². The number of carbonyl (C=O) groups is 1. The van der Waals surface area contributed by atoms with Crippen LogP contribution in [0.3, 0.4) is 0 Å². The molecule has 1 aromatic rings. The van der Waals surface area contributed by atoms with Crippen molar-refractivity contribution in [1.29, 1.82) is 0 Å². The molecule has 1 aromatic heterocycles.